The maximum atomic E-state index is 13.4. The topological polar surface area (TPSA) is 96.3 Å². The lowest BCUT2D eigenvalue weighted by Crippen LogP contribution is -2.46. The molecule has 0 radical (unpaired) electrons. The second-order valence-corrected chi connectivity index (χ2v) is 15.1. The summed E-state index contributed by atoms with van der Waals surface area (Å²) in [4.78, 5) is 13.4. The second-order valence-electron chi connectivity index (χ2n) is 13.3. The summed E-state index contributed by atoms with van der Waals surface area (Å²) in [5, 5.41) is 10.7. The van der Waals surface area contributed by atoms with Gasteiger partial charge < -0.3 is 5.32 Å². The maximum absolute atomic E-state index is 13.4. The highest BCUT2D eigenvalue weighted by atomic mass is 32.2. The van der Waals surface area contributed by atoms with Gasteiger partial charge in [0.2, 0.25) is 10.0 Å². The van der Waals surface area contributed by atoms with Crippen LogP contribution in [-0.2, 0) is 21.9 Å². The molecule has 2 N–H and O–H groups in total. The molecule has 6 rings (SSSR count). The molecule has 1 aromatic heterocycles. The fraction of sp³-hybridized carbons (Fsp3) is 0.371. The minimum Gasteiger partial charge on any atom is -0.308 e. The van der Waals surface area contributed by atoms with Crippen molar-refractivity contribution in [2.45, 2.75) is 82.2 Å². The zero-order chi connectivity index (χ0) is 31.1. The van der Waals surface area contributed by atoms with Crippen molar-refractivity contribution in [3.63, 3.8) is 0 Å². The number of fused-ring (bicyclic) bond motifs is 2. The third-order valence-corrected chi connectivity index (χ3v) is 10.8. The van der Waals surface area contributed by atoms with Crippen LogP contribution in [0.4, 0.5) is 16.3 Å². The molecule has 44 heavy (non-hydrogen) atoms. The minimum atomic E-state index is -3.48. The molecule has 4 aromatic rings. The minimum absolute atomic E-state index is 0.0562. The van der Waals surface area contributed by atoms with Crippen molar-refractivity contribution < 1.29 is 13.2 Å². The summed E-state index contributed by atoms with van der Waals surface area (Å²) in [7, 11) is -3.48. The standard InChI is InChI=1S/C35H41N5O3S/c1-24-10-16-28(17-11-24)39-33(23-32(38-39)35(2,3)4)37-34(41)36-27-14-12-25(13-15-27)20-26-21-29-18-19-30(22-26)40(29)44(42,43)31-8-6-5-7-9-31/h5-17,23,26,29-30H,18-22H2,1-4H3,(H2,36,37,41). The zero-order valence-electron chi connectivity index (χ0n) is 25.8. The van der Waals surface area contributed by atoms with Gasteiger partial charge in [-0.2, -0.15) is 9.40 Å². The first-order chi connectivity index (χ1) is 21.0. The number of nitrogens with one attached hydrogen (secondary N) is 2. The number of sulfonamides is 1. The Hall–Kier alpha value is -3.95. The number of carbonyl (C=O) groups excluding carboxylic acids is 1. The Kier molecular flexibility index (Phi) is 8.11. The van der Waals surface area contributed by atoms with Crippen LogP contribution in [0.25, 0.3) is 5.69 Å². The molecule has 2 amide bonds. The number of hydrogen-bond donors (Lipinski definition) is 2. The molecule has 2 saturated heterocycles. The van der Waals surface area contributed by atoms with E-state index in [1.165, 1.54) is 5.56 Å². The first-order valence-corrected chi connectivity index (χ1v) is 16.8. The average Bonchev–Trinajstić information content (AvgIpc) is 3.54. The number of urea groups is 1. The monoisotopic (exact) mass is 611 g/mol. The Morgan fingerprint density at radius 3 is 2.14 bits per heavy atom. The summed E-state index contributed by atoms with van der Waals surface area (Å²) < 4.78 is 30.3. The summed E-state index contributed by atoms with van der Waals surface area (Å²) in [5.41, 5.74) is 4.63. The Balaban J connectivity index is 1.08. The quantitative estimate of drug-likeness (QED) is 0.229. The Morgan fingerprint density at radius 2 is 1.52 bits per heavy atom. The van der Waals surface area contributed by atoms with E-state index in [2.05, 4.69) is 43.5 Å². The molecule has 2 unspecified atom stereocenters. The Bertz CT molecular complexity index is 1710. The van der Waals surface area contributed by atoms with Gasteiger partial charge in [0.25, 0.3) is 0 Å². The van der Waals surface area contributed by atoms with E-state index in [9.17, 15) is 13.2 Å². The van der Waals surface area contributed by atoms with Crippen LogP contribution in [0.15, 0.2) is 89.8 Å². The third-order valence-electron chi connectivity index (χ3n) is 8.82. The lowest BCUT2D eigenvalue weighted by molar-refractivity contribution is 0.190. The predicted molar refractivity (Wildman–Crippen MR) is 175 cm³/mol. The first-order valence-electron chi connectivity index (χ1n) is 15.4. The molecule has 0 spiro atoms. The number of anilines is 2. The van der Waals surface area contributed by atoms with E-state index in [4.69, 9.17) is 5.10 Å². The average molecular weight is 612 g/mol. The van der Waals surface area contributed by atoms with Gasteiger partial charge in [-0.25, -0.2) is 17.9 Å². The number of hydrogen-bond acceptors (Lipinski definition) is 4. The van der Waals surface area contributed by atoms with Crippen molar-refractivity contribution in [3.05, 3.63) is 102 Å². The molecular weight excluding hydrogens is 570 g/mol. The third kappa shape index (κ3) is 6.30. The van der Waals surface area contributed by atoms with Crippen molar-refractivity contribution >= 4 is 27.6 Å². The summed E-state index contributed by atoms with van der Waals surface area (Å²) in [6.07, 6.45) is 4.48. The fourth-order valence-corrected chi connectivity index (χ4v) is 8.49. The molecule has 230 valence electrons. The molecule has 2 aliphatic rings. The van der Waals surface area contributed by atoms with Gasteiger partial charge in [-0.3, -0.25) is 5.32 Å². The number of nitrogens with zero attached hydrogens (tertiary/aromatic N) is 3. The number of carbonyl (C=O) groups is 1. The molecule has 0 saturated carbocycles. The Labute approximate surface area is 260 Å². The number of amides is 2. The number of aromatic nitrogens is 2. The van der Waals surface area contributed by atoms with E-state index in [1.54, 1.807) is 33.3 Å². The van der Waals surface area contributed by atoms with Gasteiger partial charge in [0.05, 0.1) is 16.3 Å². The van der Waals surface area contributed by atoms with Crippen molar-refractivity contribution in [2.24, 2.45) is 5.92 Å². The highest BCUT2D eigenvalue weighted by Crippen LogP contribution is 2.43. The summed E-state index contributed by atoms with van der Waals surface area (Å²) >= 11 is 0. The molecule has 9 heteroatoms. The van der Waals surface area contributed by atoms with Gasteiger partial charge in [0.1, 0.15) is 5.82 Å². The second kappa shape index (κ2) is 11.9. The number of benzene rings is 3. The van der Waals surface area contributed by atoms with Gasteiger partial charge >= 0.3 is 6.03 Å². The van der Waals surface area contributed by atoms with E-state index >= 15 is 0 Å². The van der Waals surface area contributed by atoms with Crippen LogP contribution < -0.4 is 10.6 Å². The van der Waals surface area contributed by atoms with Crippen molar-refractivity contribution in [1.82, 2.24) is 14.1 Å². The largest absolute Gasteiger partial charge is 0.324 e. The normalized spacial score (nSPS) is 20.4. The fourth-order valence-electron chi connectivity index (χ4n) is 6.58. The smallest absolute Gasteiger partial charge is 0.308 e. The van der Waals surface area contributed by atoms with Crippen LogP contribution in [0, 0.1) is 12.8 Å². The zero-order valence-corrected chi connectivity index (χ0v) is 26.6. The van der Waals surface area contributed by atoms with Crippen molar-refractivity contribution in [2.75, 3.05) is 10.6 Å². The molecule has 0 aliphatic carbocycles. The maximum Gasteiger partial charge on any atom is 0.324 e. The molecule has 8 nitrogen and oxygen atoms in total. The molecule has 3 aromatic carbocycles. The number of piperidine rings is 1. The number of rotatable bonds is 7. The van der Waals surface area contributed by atoms with Gasteiger partial charge in [-0.1, -0.05) is 68.8 Å². The van der Waals surface area contributed by atoms with E-state index < -0.39 is 10.0 Å². The molecule has 2 fully saturated rings. The van der Waals surface area contributed by atoms with Crippen LogP contribution in [0.3, 0.4) is 0 Å². The van der Waals surface area contributed by atoms with Gasteiger partial charge in [0, 0.05) is 29.3 Å². The van der Waals surface area contributed by atoms with Crippen LogP contribution in [0.2, 0.25) is 0 Å². The van der Waals surface area contributed by atoms with E-state index in [1.807, 2.05) is 55.5 Å². The molecule has 2 atom stereocenters. The van der Waals surface area contributed by atoms with E-state index in [-0.39, 0.29) is 23.5 Å². The SMILES string of the molecule is Cc1ccc(-n2nc(C(C)(C)C)cc2NC(=O)Nc2ccc(CC3CC4CCC(C3)N4S(=O)(=O)c3ccccc3)cc2)cc1. The molecule has 3 heterocycles. The Morgan fingerprint density at radius 1 is 0.886 bits per heavy atom. The van der Waals surface area contributed by atoms with E-state index in [0.29, 0.717) is 22.3 Å². The van der Waals surface area contributed by atoms with Crippen molar-refractivity contribution in [3.8, 4) is 5.69 Å². The highest BCUT2D eigenvalue weighted by Gasteiger charge is 2.47. The molecule has 2 bridgehead atoms. The predicted octanol–water partition coefficient (Wildman–Crippen LogP) is 7.30. The summed E-state index contributed by atoms with van der Waals surface area (Å²) in [6.45, 7) is 8.33. The van der Waals surface area contributed by atoms with E-state index in [0.717, 1.165) is 49.0 Å². The van der Waals surface area contributed by atoms with Crippen LogP contribution in [0.1, 0.15) is 63.3 Å². The van der Waals surface area contributed by atoms with Crippen molar-refractivity contribution in [1.29, 1.82) is 0 Å². The molecule has 2 aliphatic heterocycles. The van der Waals surface area contributed by atoms with Gasteiger partial charge in [0.15, 0.2) is 0 Å². The highest BCUT2D eigenvalue weighted by molar-refractivity contribution is 7.89. The van der Waals surface area contributed by atoms with Crippen LogP contribution >= 0.6 is 0 Å². The lowest BCUT2D eigenvalue weighted by atomic mass is 9.87. The summed E-state index contributed by atoms with van der Waals surface area (Å²) in [6, 6.07) is 26.5. The molecular formula is C35H41N5O3S. The van der Waals surface area contributed by atoms with Crippen LogP contribution in [-0.4, -0.2) is 40.6 Å². The summed E-state index contributed by atoms with van der Waals surface area (Å²) in [5.74, 6) is 1.03. The van der Waals surface area contributed by atoms with Gasteiger partial charge in [-0.05, 0) is 86.9 Å². The van der Waals surface area contributed by atoms with Gasteiger partial charge in [-0.15, -0.1) is 0 Å². The lowest BCUT2D eigenvalue weighted by Gasteiger charge is -2.38. The number of aryl methyl sites for hydroxylation is 1. The first kappa shape index (κ1) is 30.1. The van der Waals surface area contributed by atoms with Crippen LogP contribution in [0.5, 0.6) is 0 Å².